The van der Waals surface area contributed by atoms with Crippen LogP contribution in [0.5, 0.6) is 5.75 Å². The first kappa shape index (κ1) is 12.1. The molecule has 0 bridgehead atoms. The van der Waals surface area contributed by atoms with Crippen molar-refractivity contribution in [2.75, 3.05) is 7.11 Å². The fourth-order valence-corrected chi connectivity index (χ4v) is 2.11. The molecule has 0 saturated heterocycles. The van der Waals surface area contributed by atoms with E-state index in [0.717, 1.165) is 28.2 Å². The zero-order valence-electron chi connectivity index (χ0n) is 10.2. The van der Waals surface area contributed by atoms with Crippen LogP contribution in [-0.4, -0.2) is 7.11 Å². The molecule has 0 aliphatic carbocycles. The van der Waals surface area contributed by atoms with Crippen molar-refractivity contribution in [3.8, 4) is 5.75 Å². The van der Waals surface area contributed by atoms with Gasteiger partial charge in [-0.25, -0.2) is 0 Å². The van der Waals surface area contributed by atoms with Gasteiger partial charge in [-0.3, -0.25) is 0 Å². The lowest BCUT2D eigenvalue weighted by Gasteiger charge is -2.13. The molecule has 2 aromatic rings. The Hall–Kier alpha value is -1.41. The minimum absolute atomic E-state index is 0.248. The standard InChI is InChI=1S/C14H15ClO2/c1-9-4-5-13(16-3)12(6-9)14(15)11-7-10(2)17-8-11/h4-8,14H,1-3H3. The van der Waals surface area contributed by atoms with Crippen molar-refractivity contribution in [1.29, 1.82) is 0 Å². The third-order valence-corrected chi connectivity index (χ3v) is 3.19. The zero-order valence-corrected chi connectivity index (χ0v) is 10.9. The summed E-state index contributed by atoms with van der Waals surface area (Å²) in [5, 5.41) is -0.248. The molecule has 0 spiro atoms. The van der Waals surface area contributed by atoms with Crippen LogP contribution in [0.2, 0.25) is 0 Å². The third-order valence-electron chi connectivity index (χ3n) is 2.70. The summed E-state index contributed by atoms with van der Waals surface area (Å²) in [6.45, 7) is 3.94. The Morgan fingerprint density at radius 2 is 2.00 bits per heavy atom. The second-order valence-corrected chi connectivity index (χ2v) is 4.54. The first-order chi connectivity index (χ1) is 8.11. The van der Waals surface area contributed by atoms with Gasteiger partial charge in [-0.05, 0) is 26.0 Å². The van der Waals surface area contributed by atoms with Crippen LogP contribution in [0.25, 0.3) is 0 Å². The molecule has 1 aromatic heterocycles. The monoisotopic (exact) mass is 250 g/mol. The van der Waals surface area contributed by atoms with Crippen molar-refractivity contribution in [3.05, 3.63) is 53.0 Å². The molecule has 0 aliphatic heterocycles. The molecule has 1 aromatic carbocycles. The van der Waals surface area contributed by atoms with Crippen LogP contribution in [-0.2, 0) is 0 Å². The van der Waals surface area contributed by atoms with Crippen LogP contribution in [0, 0.1) is 13.8 Å². The summed E-state index contributed by atoms with van der Waals surface area (Å²) < 4.78 is 10.6. The molecule has 3 heteroatoms. The van der Waals surface area contributed by atoms with Gasteiger partial charge in [-0.2, -0.15) is 0 Å². The molecule has 17 heavy (non-hydrogen) atoms. The number of benzene rings is 1. The molecule has 0 N–H and O–H groups in total. The SMILES string of the molecule is COc1ccc(C)cc1C(Cl)c1coc(C)c1. The summed E-state index contributed by atoms with van der Waals surface area (Å²) in [6, 6.07) is 7.93. The summed E-state index contributed by atoms with van der Waals surface area (Å²) in [7, 11) is 1.65. The molecular weight excluding hydrogens is 236 g/mol. The van der Waals surface area contributed by atoms with E-state index in [4.69, 9.17) is 20.8 Å². The van der Waals surface area contributed by atoms with E-state index in [-0.39, 0.29) is 5.38 Å². The molecule has 0 saturated carbocycles. The number of aryl methyl sites for hydroxylation is 2. The summed E-state index contributed by atoms with van der Waals surface area (Å²) in [6.07, 6.45) is 1.69. The van der Waals surface area contributed by atoms with Crippen LogP contribution in [0.1, 0.15) is 27.8 Å². The zero-order chi connectivity index (χ0) is 12.4. The third kappa shape index (κ3) is 2.47. The van der Waals surface area contributed by atoms with Crippen LogP contribution >= 0.6 is 11.6 Å². The average molecular weight is 251 g/mol. The van der Waals surface area contributed by atoms with E-state index in [2.05, 4.69) is 0 Å². The maximum atomic E-state index is 6.46. The average Bonchev–Trinajstić information content (AvgIpc) is 2.75. The summed E-state index contributed by atoms with van der Waals surface area (Å²) >= 11 is 6.46. The Bertz CT molecular complexity index is 517. The highest BCUT2D eigenvalue weighted by atomic mass is 35.5. The molecule has 0 radical (unpaired) electrons. The minimum Gasteiger partial charge on any atom is -0.496 e. The number of halogens is 1. The Morgan fingerprint density at radius 3 is 2.59 bits per heavy atom. The summed E-state index contributed by atoms with van der Waals surface area (Å²) in [4.78, 5) is 0. The minimum atomic E-state index is -0.248. The van der Waals surface area contributed by atoms with Crippen molar-refractivity contribution >= 4 is 11.6 Å². The van der Waals surface area contributed by atoms with Crippen molar-refractivity contribution in [2.45, 2.75) is 19.2 Å². The summed E-state index contributed by atoms with van der Waals surface area (Å²) in [5.74, 6) is 1.66. The van der Waals surface area contributed by atoms with E-state index in [1.807, 2.05) is 38.1 Å². The van der Waals surface area contributed by atoms with E-state index >= 15 is 0 Å². The van der Waals surface area contributed by atoms with Gasteiger partial charge < -0.3 is 9.15 Å². The van der Waals surface area contributed by atoms with Gasteiger partial charge >= 0.3 is 0 Å². The molecule has 0 aliphatic rings. The molecule has 1 atom stereocenters. The van der Waals surface area contributed by atoms with Gasteiger partial charge in [-0.15, -0.1) is 11.6 Å². The van der Waals surface area contributed by atoms with E-state index in [0.29, 0.717) is 0 Å². The fourth-order valence-electron chi connectivity index (χ4n) is 1.83. The number of methoxy groups -OCH3 is 1. The number of hydrogen-bond donors (Lipinski definition) is 0. The highest BCUT2D eigenvalue weighted by molar-refractivity contribution is 6.22. The molecule has 1 heterocycles. The molecule has 2 nitrogen and oxygen atoms in total. The molecule has 1 unspecified atom stereocenters. The first-order valence-corrected chi connectivity index (χ1v) is 5.89. The quantitative estimate of drug-likeness (QED) is 0.761. The van der Waals surface area contributed by atoms with E-state index in [9.17, 15) is 0 Å². The molecule has 0 amide bonds. The number of furan rings is 1. The van der Waals surface area contributed by atoms with Gasteiger partial charge in [0.2, 0.25) is 0 Å². The lowest BCUT2D eigenvalue weighted by Crippen LogP contribution is -1.97. The fraction of sp³-hybridized carbons (Fsp3) is 0.286. The van der Waals surface area contributed by atoms with Gasteiger partial charge in [-0.1, -0.05) is 17.7 Å². The largest absolute Gasteiger partial charge is 0.496 e. The topological polar surface area (TPSA) is 22.4 Å². The van der Waals surface area contributed by atoms with Gasteiger partial charge in [0.05, 0.1) is 18.8 Å². The maximum absolute atomic E-state index is 6.46. The highest BCUT2D eigenvalue weighted by Gasteiger charge is 2.17. The number of alkyl halides is 1. The molecule has 0 fully saturated rings. The van der Waals surface area contributed by atoms with Crippen molar-refractivity contribution in [2.24, 2.45) is 0 Å². The van der Waals surface area contributed by atoms with Gasteiger partial charge in [0.15, 0.2) is 0 Å². The lowest BCUT2D eigenvalue weighted by atomic mass is 10.0. The second kappa shape index (κ2) is 4.84. The van der Waals surface area contributed by atoms with Gasteiger partial charge in [0, 0.05) is 11.1 Å². The Labute approximate surface area is 106 Å². The number of hydrogen-bond acceptors (Lipinski definition) is 2. The number of rotatable bonds is 3. The Kier molecular flexibility index (Phi) is 3.43. The molecular formula is C14H15ClO2. The number of ether oxygens (including phenoxy) is 1. The van der Waals surface area contributed by atoms with E-state index < -0.39 is 0 Å². The van der Waals surface area contributed by atoms with E-state index in [1.54, 1.807) is 13.4 Å². The predicted octanol–water partition coefficient (Wildman–Crippen LogP) is 4.23. The second-order valence-electron chi connectivity index (χ2n) is 4.10. The van der Waals surface area contributed by atoms with Gasteiger partial charge in [0.1, 0.15) is 11.5 Å². The van der Waals surface area contributed by atoms with Crippen LogP contribution in [0.4, 0.5) is 0 Å². The first-order valence-electron chi connectivity index (χ1n) is 5.45. The molecule has 90 valence electrons. The summed E-state index contributed by atoms with van der Waals surface area (Å²) in [5.41, 5.74) is 3.08. The Morgan fingerprint density at radius 1 is 1.24 bits per heavy atom. The maximum Gasteiger partial charge on any atom is 0.123 e. The lowest BCUT2D eigenvalue weighted by molar-refractivity contribution is 0.410. The Balaban J connectivity index is 2.42. The van der Waals surface area contributed by atoms with Crippen LogP contribution in [0.15, 0.2) is 34.9 Å². The highest BCUT2D eigenvalue weighted by Crippen LogP contribution is 2.36. The van der Waals surface area contributed by atoms with E-state index in [1.165, 1.54) is 0 Å². The van der Waals surface area contributed by atoms with Crippen molar-refractivity contribution in [1.82, 2.24) is 0 Å². The van der Waals surface area contributed by atoms with Crippen LogP contribution in [0.3, 0.4) is 0 Å². The van der Waals surface area contributed by atoms with Crippen molar-refractivity contribution in [3.63, 3.8) is 0 Å². The van der Waals surface area contributed by atoms with Gasteiger partial charge in [0.25, 0.3) is 0 Å². The normalized spacial score (nSPS) is 12.5. The molecule has 2 rings (SSSR count). The predicted molar refractivity (Wildman–Crippen MR) is 68.9 cm³/mol. The van der Waals surface area contributed by atoms with Crippen molar-refractivity contribution < 1.29 is 9.15 Å². The van der Waals surface area contributed by atoms with Crippen LogP contribution < -0.4 is 4.74 Å². The smallest absolute Gasteiger partial charge is 0.123 e.